The fraction of sp³-hybridized carbons (Fsp3) is 0.429. The minimum atomic E-state index is -0.389. The average molecular weight is 297 g/mol. The van der Waals surface area contributed by atoms with Crippen molar-refractivity contribution in [3.05, 3.63) is 28.7 Å². The van der Waals surface area contributed by atoms with E-state index in [0.717, 1.165) is 10.4 Å². The normalized spacial score (nSPS) is 10.2. The number of nitrogens with two attached hydrogens (primary N) is 1. The van der Waals surface area contributed by atoms with Gasteiger partial charge in [0.25, 0.3) is 5.91 Å². The van der Waals surface area contributed by atoms with Crippen LogP contribution in [0.25, 0.3) is 0 Å². The summed E-state index contributed by atoms with van der Waals surface area (Å²) in [4.78, 5) is 24.8. The van der Waals surface area contributed by atoms with Crippen molar-refractivity contribution in [3.63, 3.8) is 0 Å². The highest BCUT2D eigenvalue weighted by atomic mass is 32.1. The third-order valence-corrected chi connectivity index (χ3v) is 3.90. The van der Waals surface area contributed by atoms with E-state index in [1.807, 2.05) is 19.2 Å². The van der Waals surface area contributed by atoms with Crippen LogP contribution in [0.3, 0.4) is 0 Å². The molecule has 0 atom stereocenters. The molecule has 1 rings (SSSR count). The molecule has 0 aliphatic carbocycles. The summed E-state index contributed by atoms with van der Waals surface area (Å²) >= 11 is 1.40. The van der Waals surface area contributed by atoms with Gasteiger partial charge >= 0.3 is 5.97 Å². The van der Waals surface area contributed by atoms with Crippen molar-refractivity contribution < 1.29 is 19.6 Å². The van der Waals surface area contributed by atoms with E-state index in [4.69, 9.17) is 4.74 Å². The summed E-state index contributed by atoms with van der Waals surface area (Å²) in [6.45, 7) is 10.4. The zero-order valence-electron chi connectivity index (χ0n) is 12.1. The quantitative estimate of drug-likeness (QED) is 0.452. The number of rotatable bonds is 7. The van der Waals surface area contributed by atoms with Crippen molar-refractivity contribution in [1.29, 1.82) is 0 Å². The minimum Gasteiger partial charge on any atom is -0.462 e. The van der Waals surface area contributed by atoms with Gasteiger partial charge in [0.2, 0.25) is 0 Å². The van der Waals surface area contributed by atoms with Gasteiger partial charge in [0.15, 0.2) is 6.54 Å². The van der Waals surface area contributed by atoms with E-state index in [2.05, 4.69) is 11.9 Å². The van der Waals surface area contributed by atoms with E-state index in [0.29, 0.717) is 30.3 Å². The number of carbonyl (C=O) groups is 2. The van der Waals surface area contributed by atoms with Crippen molar-refractivity contribution in [2.45, 2.75) is 20.8 Å². The second kappa shape index (κ2) is 7.81. The number of esters is 1. The molecule has 0 saturated carbocycles. The standard InChI is InChI=1S/C14H20N2O3S/c1-5-7-15-8-11(17)16-13-12(14(18)19-6-2)9(3)10(4)20-13/h5,15H,1,6-8H2,2-4H3,(H,16,17)/p+1. The van der Waals surface area contributed by atoms with Gasteiger partial charge in [-0.2, -0.15) is 0 Å². The van der Waals surface area contributed by atoms with E-state index in [9.17, 15) is 9.59 Å². The Morgan fingerprint density at radius 1 is 1.45 bits per heavy atom. The van der Waals surface area contributed by atoms with Crippen molar-refractivity contribution in [1.82, 2.24) is 0 Å². The van der Waals surface area contributed by atoms with E-state index in [1.165, 1.54) is 11.3 Å². The Morgan fingerprint density at radius 2 is 2.15 bits per heavy atom. The molecule has 1 aromatic heterocycles. The van der Waals surface area contributed by atoms with E-state index in [1.54, 1.807) is 13.0 Å². The molecule has 0 aromatic carbocycles. The number of amides is 1. The summed E-state index contributed by atoms with van der Waals surface area (Å²) in [5.41, 5.74) is 1.32. The molecule has 0 spiro atoms. The largest absolute Gasteiger partial charge is 0.462 e. The zero-order chi connectivity index (χ0) is 15.1. The molecule has 0 fully saturated rings. The Balaban J connectivity index is 2.84. The lowest BCUT2D eigenvalue weighted by Gasteiger charge is -2.06. The molecule has 3 N–H and O–H groups in total. The van der Waals surface area contributed by atoms with E-state index in [-0.39, 0.29) is 11.9 Å². The third kappa shape index (κ3) is 4.18. The molecule has 0 radical (unpaired) electrons. The molecule has 5 nitrogen and oxygen atoms in total. The molecule has 1 aromatic rings. The van der Waals surface area contributed by atoms with Crippen LogP contribution in [0.5, 0.6) is 0 Å². The van der Waals surface area contributed by atoms with Crippen LogP contribution in [0.15, 0.2) is 12.7 Å². The van der Waals surface area contributed by atoms with Gasteiger partial charge < -0.3 is 15.4 Å². The summed E-state index contributed by atoms with van der Waals surface area (Å²) in [6.07, 6.45) is 1.73. The van der Waals surface area contributed by atoms with Crippen LogP contribution >= 0.6 is 11.3 Å². The lowest BCUT2D eigenvalue weighted by molar-refractivity contribution is -0.634. The van der Waals surface area contributed by atoms with Crippen LogP contribution < -0.4 is 10.6 Å². The fourth-order valence-electron chi connectivity index (χ4n) is 1.67. The van der Waals surface area contributed by atoms with Gasteiger partial charge in [-0.3, -0.25) is 4.79 Å². The molecule has 0 bridgehead atoms. The minimum absolute atomic E-state index is 0.140. The molecule has 0 saturated heterocycles. The molecule has 6 heteroatoms. The van der Waals surface area contributed by atoms with E-state index >= 15 is 0 Å². The zero-order valence-corrected chi connectivity index (χ0v) is 12.9. The highest BCUT2D eigenvalue weighted by molar-refractivity contribution is 7.16. The summed E-state index contributed by atoms with van der Waals surface area (Å²) in [5, 5.41) is 5.18. The fourth-order valence-corrected chi connectivity index (χ4v) is 2.74. The summed E-state index contributed by atoms with van der Waals surface area (Å²) in [5.74, 6) is -0.529. The molecule has 0 aliphatic rings. The smallest absolute Gasteiger partial charge is 0.341 e. The molecule has 110 valence electrons. The van der Waals surface area contributed by atoms with Gasteiger partial charge in [0.05, 0.1) is 18.7 Å². The second-order valence-electron chi connectivity index (χ2n) is 4.27. The number of anilines is 1. The highest BCUT2D eigenvalue weighted by Gasteiger charge is 2.22. The van der Waals surface area contributed by atoms with Gasteiger partial charge in [0, 0.05) is 4.88 Å². The Hall–Kier alpha value is -1.66. The molecule has 0 unspecified atom stereocenters. The number of ether oxygens (including phenoxy) is 1. The van der Waals surface area contributed by atoms with Gasteiger partial charge in [-0.25, -0.2) is 4.79 Å². The van der Waals surface area contributed by atoms with Crippen molar-refractivity contribution >= 4 is 28.2 Å². The first-order valence-corrected chi connectivity index (χ1v) is 7.32. The molecular formula is C14H21N2O3S+. The molecular weight excluding hydrogens is 276 g/mol. The summed E-state index contributed by atoms with van der Waals surface area (Å²) in [6, 6.07) is 0. The molecule has 0 aliphatic heterocycles. The van der Waals surface area contributed by atoms with Crippen molar-refractivity contribution in [2.75, 3.05) is 25.0 Å². The first-order chi connectivity index (χ1) is 9.51. The van der Waals surface area contributed by atoms with Crippen LogP contribution in [0.1, 0.15) is 27.7 Å². The number of hydrogen-bond donors (Lipinski definition) is 2. The first-order valence-electron chi connectivity index (χ1n) is 6.50. The van der Waals surface area contributed by atoms with Gasteiger partial charge in [-0.15, -0.1) is 11.3 Å². The molecule has 1 amide bonds. The van der Waals surface area contributed by atoms with Crippen molar-refractivity contribution in [2.24, 2.45) is 0 Å². The van der Waals surface area contributed by atoms with Crippen molar-refractivity contribution in [3.8, 4) is 0 Å². The Bertz CT molecular complexity index is 509. The summed E-state index contributed by atoms with van der Waals surface area (Å²) < 4.78 is 5.04. The number of carbonyl (C=O) groups excluding carboxylic acids is 2. The SMILES string of the molecule is C=CC[NH2+]CC(=O)Nc1sc(C)c(C)c1C(=O)OCC. The molecule has 20 heavy (non-hydrogen) atoms. The number of aryl methyl sites for hydroxylation is 1. The number of quaternary nitrogens is 1. The third-order valence-electron chi connectivity index (χ3n) is 2.78. The Morgan fingerprint density at radius 3 is 2.75 bits per heavy atom. The monoisotopic (exact) mass is 297 g/mol. The predicted octanol–water partition coefficient (Wildman–Crippen LogP) is 1.23. The van der Waals surface area contributed by atoms with Crippen LogP contribution in [0, 0.1) is 13.8 Å². The topological polar surface area (TPSA) is 72.0 Å². The maximum Gasteiger partial charge on any atom is 0.341 e. The summed E-state index contributed by atoms with van der Waals surface area (Å²) in [7, 11) is 0. The van der Waals surface area contributed by atoms with E-state index < -0.39 is 0 Å². The van der Waals surface area contributed by atoms with Crippen LogP contribution in [0.2, 0.25) is 0 Å². The van der Waals surface area contributed by atoms with Gasteiger partial charge in [0.1, 0.15) is 5.00 Å². The van der Waals surface area contributed by atoms with Crippen LogP contribution in [0.4, 0.5) is 5.00 Å². The maximum absolute atomic E-state index is 12.0. The Labute approximate surface area is 123 Å². The highest BCUT2D eigenvalue weighted by Crippen LogP contribution is 2.32. The lowest BCUT2D eigenvalue weighted by Crippen LogP contribution is -2.86. The number of hydrogen-bond acceptors (Lipinski definition) is 4. The van der Waals surface area contributed by atoms with Gasteiger partial charge in [-0.1, -0.05) is 6.58 Å². The lowest BCUT2D eigenvalue weighted by atomic mass is 10.1. The van der Waals surface area contributed by atoms with Crippen LogP contribution in [-0.4, -0.2) is 31.6 Å². The number of nitrogens with one attached hydrogen (secondary N) is 1. The average Bonchev–Trinajstić information content (AvgIpc) is 2.65. The maximum atomic E-state index is 12.0. The van der Waals surface area contributed by atoms with Gasteiger partial charge in [-0.05, 0) is 32.4 Å². The molecule has 1 heterocycles. The van der Waals surface area contributed by atoms with Crippen LogP contribution in [-0.2, 0) is 9.53 Å². The number of thiophene rings is 1. The first kappa shape index (κ1) is 16.4. The predicted molar refractivity (Wildman–Crippen MR) is 80.2 cm³/mol. The Kier molecular flexibility index (Phi) is 6.41. The second-order valence-corrected chi connectivity index (χ2v) is 5.50.